The molecule has 3 aromatic rings. The van der Waals surface area contributed by atoms with E-state index in [2.05, 4.69) is 5.32 Å². The van der Waals surface area contributed by atoms with Crippen molar-refractivity contribution in [3.05, 3.63) is 77.6 Å². The molecule has 0 aromatic heterocycles. The molecule has 2 N–H and O–H groups in total. The van der Waals surface area contributed by atoms with Crippen molar-refractivity contribution in [3.63, 3.8) is 0 Å². The summed E-state index contributed by atoms with van der Waals surface area (Å²) in [6.07, 6.45) is 1.65. The molecule has 0 bridgehead atoms. The average Bonchev–Trinajstić information content (AvgIpc) is 2.79. The molecule has 0 radical (unpaired) electrons. The van der Waals surface area contributed by atoms with Crippen LogP contribution in [0.3, 0.4) is 0 Å². The van der Waals surface area contributed by atoms with Crippen LogP contribution in [-0.4, -0.2) is 44.7 Å². The second-order valence-electron chi connectivity index (χ2n) is 8.19. The summed E-state index contributed by atoms with van der Waals surface area (Å²) in [4.78, 5) is 10.6. The zero-order chi connectivity index (χ0) is 25.4. The van der Waals surface area contributed by atoms with Gasteiger partial charge in [-0.3, -0.25) is 0 Å². The highest BCUT2D eigenvalue weighted by Crippen LogP contribution is 2.28. The normalized spacial score (nSPS) is 11.2. The van der Waals surface area contributed by atoms with Crippen LogP contribution in [0, 0.1) is 12.7 Å². The molecule has 9 heteroatoms. The number of aryl methyl sites for hydroxylation is 1. The summed E-state index contributed by atoms with van der Waals surface area (Å²) in [5.74, 6) is -1.14. The third-order valence-electron chi connectivity index (χ3n) is 5.14. The van der Waals surface area contributed by atoms with Gasteiger partial charge in [0.15, 0.2) is 18.2 Å². The predicted octanol–water partition coefficient (Wildman–Crippen LogP) is 4.69. The molecule has 0 aliphatic rings. The fraction of sp³-hybridized carbons (Fsp3) is 0.269. The van der Waals surface area contributed by atoms with Crippen molar-refractivity contribution in [2.24, 2.45) is 0 Å². The number of carboxylic acids is 1. The van der Waals surface area contributed by atoms with Gasteiger partial charge in [0.05, 0.1) is 12.4 Å². The summed E-state index contributed by atoms with van der Waals surface area (Å²) in [5, 5.41) is 11.8. The maximum Gasteiger partial charge on any atom is 0.341 e. The lowest BCUT2D eigenvalue weighted by Crippen LogP contribution is -2.10. The van der Waals surface area contributed by atoms with Crippen molar-refractivity contribution >= 4 is 21.5 Å². The number of ether oxygens (including phenoxy) is 2. The molecule has 0 spiro atoms. The molecule has 3 rings (SSSR count). The molecule has 0 fully saturated rings. The van der Waals surface area contributed by atoms with Gasteiger partial charge in [0.1, 0.15) is 15.6 Å². The van der Waals surface area contributed by atoms with Crippen molar-refractivity contribution in [1.29, 1.82) is 0 Å². The van der Waals surface area contributed by atoms with Crippen molar-refractivity contribution in [2.75, 3.05) is 30.5 Å². The van der Waals surface area contributed by atoms with E-state index in [0.717, 1.165) is 22.3 Å². The van der Waals surface area contributed by atoms with Crippen molar-refractivity contribution < 1.29 is 32.2 Å². The smallest absolute Gasteiger partial charge is 0.341 e. The van der Waals surface area contributed by atoms with Gasteiger partial charge in [-0.1, -0.05) is 24.3 Å². The number of hydrogen-bond acceptors (Lipinski definition) is 6. The van der Waals surface area contributed by atoms with Crippen LogP contribution in [-0.2, 0) is 21.2 Å². The number of benzene rings is 3. The Hall–Kier alpha value is -3.59. The van der Waals surface area contributed by atoms with Gasteiger partial charge in [-0.05, 0) is 65.9 Å². The third-order valence-corrected chi connectivity index (χ3v) is 6.17. The summed E-state index contributed by atoms with van der Waals surface area (Å²) in [7, 11) is -2.99. The number of halogens is 1. The number of carboxylic acid groups (broad SMARTS) is 1. The number of sulfone groups is 1. The van der Waals surface area contributed by atoms with E-state index in [1.165, 1.54) is 18.4 Å². The topological polar surface area (TPSA) is 102 Å². The molecule has 0 heterocycles. The fourth-order valence-electron chi connectivity index (χ4n) is 3.48. The number of hydrogen-bond donors (Lipinski definition) is 2. The largest absolute Gasteiger partial charge is 0.494 e. The number of rotatable bonds is 12. The molecule has 0 amide bonds. The molecule has 3 aromatic carbocycles. The molecular formula is C26H28FNO6S. The Morgan fingerprint density at radius 3 is 2.54 bits per heavy atom. The monoisotopic (exact) mass is 501 g/mol. The maximum absolute atomic E-state index is 14.1. The number of anilines is 1. The summed E-state index contributed by atoms with van der Waals surface area (Å²) in [6.45, 7) is 2.18. The van der Waals surface area contributed by atoms with Gasteiger partial charge in [-0.2, -0.15) is 0 Å². The van der Waals surface area contributed by atoms with E-state index in [-0.39, 0.29) is 11.5 Å². The van der Waals surface area contributed by atoms with Crippen LogP contribution in [0.1, 0.15) is 17.5 Å². The van der Waals surface area contributed by atoms with Crippen LogP contribution in [0.5, 0.6) is 11.5 Å². The van der Waals surface area contributed by atoms with Crippen LogP contribution in [0.15, 0.2) is 60.7 Å². The van der Waals surface area contributed by atoms with Gasteiger partial charge in [0, 0.05) is 24.6 Å². The Kier molecular flexibility index (Phi) is 8.70. The predicted molar refractivity (Wildman–Crippen MR) is 133 cm³/mol. The van der Waals surface area contributed by atoms with E-state index in [1.54, 1.807) is 6.07 Å². The minimum absolute atomic E-state index is 0.0974. The van der Waals surface area contributed by atoms with E-state index in [1.807, 2.05) is 49.4 Å². The van der Waals surface area contributed by atoms with Crippen molar-refractivity contribution in [1.82, 2.24) is 0 Å². The average molecular weight is 502 g/mol. The first-order chi connectivity index (χ1) is 16.6. The molecule has 0 unspecified atom stereocenters. The molecule has 0 aliphatic heterocycles. The minimum Gasteiger partial charge on any atom is -0.494 e. The van der Waals surface area contributed by atoms with Crippen LogP contribution >= 0.6 is 0 Å². The maximum atomic E-state index is 14.1. The zero-order valence-electron chi connectivity index (χ0n) is 19.6. The van der Waals surface area contributed by atoms with E-state index in [0.29, 0.717) is 31.0 Å². The Labute approximate surface area is 204 Å². The molecule has 0 saturated carbocycles. The molecule has 0 aliphatic carbocycles. The summed E-state index contributed by atoms with van der Waals surface area (Å²) in [5.41, 5.74) is 4.63. The highest BCUT2D eigenvalue weighted by Gasteiger charge is 2.09. The van der Waals surface area contributed by atoms with Crippen LogP contribution in [0.2, 0.25) is 0 Å². The fourth-order valence-corrected chi connectivity index (χ4v) is 4.12. The van der Waals surface area contributed by atoms with Crippen LogP contribution in [0.25, 0.3) is 11.1 Å². The van der Waals surface area contributed by atoms with Gasteiger partial charge < -0.3 is 19.9 Å². The highest BCUT2D eigenvalue weighted by molar-refractivity contribution is 7.90. The van der Waals surface area contributed by atoms with E-state index < -0.39 is 28.2 Å². The van der Waals surface area contributed by atoms with Gasteiger partial charge in [0.25, 0.3) is 0 Å². The number of nitrogens with one attached hydrogen (secondary N) is 1. The van der Waals surface area contributed by atoms with E-state index in [9.17, 15) is 17.6 Å². The van der Waals surface area contributed by atoms with E-state index in [4.69, 9.17) is 14.6 Å². The van der Waals surface area contributed by atoms with Gasteiger partial charge in [-0.25, -0.2) is 17.6 Å². The Morgan fingerprint density at radius 2 is 1.86 bits per heavy atom. The summed E-state index contributed by atoms with van der Waals surface area (Å²) >= 11 is 0. The van der Waals surface area contributed by atoms with Gasteiger partial charge in [-0.15, -0.1) is 0 Å². The quantitative estimate of drug-likeness (QED) is 0.347. The van der Waals surface area contributed by atoms with E-state index >= 15 is 0 Å². The first-order valence-electron chi connectivity index (χ1n) is 11.0. The second kappa shape index (κ2) is 11.7. The highest BCUT2D eigenvalue weighted by atomic mass is 32.2. The van der Waals surface area contributed by atoms with Crippen molar-refractivity contribution in [3.8, 4) is 22.6 Å². The molecule has 7 nitrogen and oxygen atoms in total. The summed E-state index contributed by atoms with van der Waals surface area (Å²) < 4.78 is 47.2. The Morgan fingerprint density at radius 1 is 1.06 bits per heavy atom. The first kappa shape index (κ1) is 26.0. The Bertz CT molecular complexity index is 1290. The molecular weight excluding hydrogens is 473 g/mol. The molecule has 186 valence electrons. The third kappa shape index (κ3) is 8.29. The lowest BCUT2D eigenvalue weighted by molar-refractivity contribution is -0.139. The zero-order valence-corrected chi connectivity index (χ0v) is 20.4. The minimum atomic E-state index is -2.99. The SMILES string of the molecule is Cc1cc(OCCCS(C)(=O)=O)ccc1-c1cccc(CNc2ccc(OCC(=O)O)c(F)c2)c1. The molecule has 0 saturated heterocycles. The molecule has 35 heavy (non-hydrogen) atoms. The van der Waals surface area contributed by atoms with Gasteiger partial charge in [0.2, 0.25) is 0 Å². The standard InChI is InChI=1S/C26H28FNO6S/c1-18-13-22(33-11-4-12-35(2,31)32)8-9-23(18)20-6-3-5-19(14-20)16-28-21-7-10-25(24(27)15-21)34-17-26(29)30/h3,5-10,13-15,28H,4,11-12,16-17H2,1-2H3,(H,29,30). The number of carbonyl (C=O) groups is 1. The second-order valence-corrected chi connectivity index (χ2v) is 10.4. The number of aliphatic carboxylic acids is 1. The van der Waals surface area contributed by atoms with Crippen LogP contribution in [0.4, 0.5) is 10.1 Å². The first-order valence-corrected chi connectivity index (χ1v) is 13.1. The summed E-state index contributed by atoms with van der Waals surface area (Å²) in [6, 6.07) is 18.0. The van der Waals surface area contributed by atoms with Gasteiger partial charge >= 0.3 is 5.97 Å². The van der Waals surface area contributed by atoms with Crippen molar-refractivity contribution in [2.45, 2.75) is 19.9 Å². The van der Waals surface area contributed by atoms with Crippen LogP contribution < -0.4 is 14.8 Å². The lowest BCUT2D eigenvalue weighted by Gasteiger charge is -2.13. The molecule has 0 atom stereocenters. The Balaban J connectivity index is 1.61. The lowest BCUT2D eigenvalue weighted by atomic mass is 9.98.